The largest absolute Gasteiger partial charge is 0.336 e. The molecule has 2 aliphatic heterocycles. The van der Waals surface area contributed by atoms with Crippen molar-refractivity contribution < 1.29 is 4.79 Å². The van der Waals surface area contributed by atoms with E-state index in [-0.39, 0.29) is 5.91 Å². The Balaban J connectivity index is 1.38. The molecule has 146 valence electrons. The Bertz CT molecular complexity index is 989. The molecule has 1 aromatic carbocycles. The van der Waals surface area contributed by atoms with Gasteiger partial charge >= 0.3 is 0 Å². The zero-order valence-corrected chi connectivity index (χ0v) is 16.9. The summed E-state index contributed by atoms with van der Waals surface area (Å²) in [5, 5.41) is 9.16. The van der Waals surface area contributed by atoms with Gasteiger partial charge in [0.05, 0.1) is 16.3 Å². The Morgan fingerprint density at radius 3 is 2.75 bits per heavy atom. The number of likely N-dealkylation sites (tertiary alicyclic amines) is 1. The van der Waals surface area contributed by atoms with Crippen molar-refractivity contribution in [1.82, 2.24) is 24.9 Å². The van der Waals surface area contributed by atoms with Crippen LogP contribution in [-0.4, -0.2) is 70.8 Å². The fraction of sp³-hybridized carbons (Fsp3) is 0.429. The highest BCUT2D eigenvalue weighted by atomic mass is 32.1. The fourth-order valence-corrected chi connectivity index (χ4v) is 5.48. The lowest BCUT2D eigenvalue weighted by Crippen LogP contribution is -2.49. The van der Waals surface area contributed by atoms with E-state index in [0.717, 1.165) is 72.2 Å². The van der Waals surface area contributed by atoms with Crippen LogP contribution in [0.15, 0.2) is 36.4 Å². The lowest BCUT2D eigenvalue weighted by atomic mass is 10.2. The van der Waals surface area contributed by atoms with E-state index in [9.17, 15) is 4.79 Å². The Hall–Kier alpha value is -2.22. The van der Waals surface area contributed by atoms with E-state index in [1.807, 2.05) is 52.9 Å². The van der Waals surface area contributed by atoms with E-state index in [1.165, 1.54) is 0 Å². The number of aryl methyl sites for hydroxylation is 1. The molecule has 28 heavy (non-hydrogen) atoms. The summed E-state index contributed by atoms with van der Waals surface area (Å²) in [7, 11) is 0. The predicted molar refractivity (Wildman–Crippen MR) is 112 cm³/mol. The maximum atomic E-state index is 13.2. The van der Waals surface area contributed by atoms with E-state index in [0.29, 0.717) is 6.04 Å². The molecule has 0 saturated carbocycles. The predicted octanol–water partition coefficient (Wildman–Crippen LogP) is 2.52. The molecule has 0 spiro atoms. The van der Waals surface area contributed by atoms with Crippen molar-refractivity contribution in [3.8, 4) is 5.69 Å². The van der Waals surface area contributed by atoms with Gasteiger partial charge in [0.1, 0.15) is 4.83 Å². The highest BCUT2D eigenvalue weighted by Crippen LogP contribution is 2.32. The van der Waals surface area contributed by atoms with E-state index < -0.39 is 0 Å². The van der Waals surface area contributed by atoms with Crippen LogP contribution >= 0.6 is 11.3 Å². The molecular weight excluding hydrogens is 370 g/mol. The van der Waals surface area contributed by atoms with Crippen LogP contribution in [-0.2, 0) is 0 Å². The number of carbonyl (C=O) groups excluding carboxylic acids is 1. The zero-order chi connectivity index (χ0) is 19.1. The van der Waals surface area contributed by atoms with Gasteiger partial charge in [0.25, 0.3) is 5.91 Å². The monoisotopic (exact) mass is 395 g/mol. The summed E-state index contributed by atoms with van der Waals surface area (Å²) in [4.78, 5) is 19.6. The molecule has 0 radical (unpaired) electrons. The molecule has 2 aliphatic rings. The van der Waals surface area contributed by atoms with Crippen molar-refractivity contribution in [1.29, 1.82) is 0 Å². The van der Waals surface area contributed by atoms with Crippen molar-refractivity contribution in [3.05, 3.63) is 47.0 Å². The van der Waals surface area contributed by atoms with Gasteiger partial charge in [0.2, 0.25) is 0 Å². The quantitative estimate of drug-likeness (QED) is 0.740. The highest BCUT2D eigenvalue weighted by Gasteiger charge is 2.32. The summed E-state index contributed by atoms with van der Waals surface area (Å²) >= 11 is 1.56. The minimum absolute atomic E-state index is 0.165. The molecule has 0 aliphatic carbocycles. The molecule has 0 bridgehead atoms. The Kier molecular flexibility index (Phi) is 4.66. The molecule has 1 amide bonds. The van der Waals surface area contributed by atoms with Crippen LogP contribution in [0.4, 0.5) is 0 Å². The lowest BCUT2D eigenvalue weighted by Gasteiger charge is -2.32. The number of nitrogens with zero attached hydrogens (tertiary/aromatic N) is 4. The van der Waals surface area contributed by atoms with Gasteiger partial charge in [0, 0.05) is 50.7 Å². The lowest BCUT2D eigenvalue weighted by molar-refractivity contribution is 0.0778. The van der Waals surface area contributed by atoms with E-state index >= 15 is 0 Å². The third-order valence-corrected chi connectivity index (χ3v) is 6.97. The average molecular weight is 396 g/mol. The molecular formula is C21H25N5OS. The summed E-state index contributed by atoms with van der Waals surface area (Å²) in [5.41, 5.74) is 2.00. The number of fused-ring (bicyclic) bond motifs is 1. The second kappa shape index (κ2) is 7.31. The van der Waals surface area contributed by atoms with Crippen LogP contribution in [0.25, 0.3) is 15.9 Å². The average Bonchev–Trinajstić information content (AvgIpc) is 3.46. The van der Waals surface area contributed by atoms with Crippen LogP contribution in [0.1, 0.15) is 21.8 Å². The van der Waals surface area contributed by atoms with Gasteiger partial charge in [0.15, 0.2) is 0 Å². The second-order valence-corrected chi connectivity index (χ2v) is 8.67. The molecule has 3 aromatic rings. The Morgan fingerprint density at radius 1 is 1.18 bits per heavy atom. The van der Waals surface area contributed by atoms with Crippen LogP contribution in [0.3, 0.4) is 0 Å². The first-order valence-corrected chi connectivity index (χ1v) is 10.8. The number of benzene rings is 1. The standard InChI is InChI=1S/C21H25N5OS/c1-15-18-13-19(28-21(18)26(23-15)16-5-3-2-4-6-16)20(27)25-10-7-17(14-25)24-11-8-22-9-12-24/h2-6,13,17,22H,7-12,14H2,1H3. The van der Waals surface area contributed by atoms with Gasteiger partial charge in [-0.1, -0.05) is 18.2 Å². The second-order valence-electron chi connectivity index (χ2n) is 7.64. The first-order valence-electron chi connectivity index (χ1n) is 9.99. The van der Waals surface area contributed by atoms with Crippen molar-refractivity contribution in [2.75, 3.05) is 39.3 Å². The number of thiophene rings is 1. The number of hydrogen-bond donors (Lipinski definition) is 1. The topological polar surface area (TPSA) is 53.4 Å². The normalized spacial score (nSPS) is 20.9. The summed E-state index contributed by atoms with van der Waals surface area (Å²) in [6.07, 6.45) is 1.08. The van der Waals surface area contributed by atoms with Crippen molar-refractivity contribution in [2.45, 2.75) is 19.4 Å². The van der Waals surface area contributed by atoms with Gasteiger partial charge in [-0.15, -0.1) is 11.3 Å². The van der Waals surface area contributed by atoms with Crippen molar-refractivity contribution in [3.63, 3.8) is 0 Å². The van der Waals surface area contributed by atoms with Gasteiger partial charge in [-0.05, 0) is 31.5 Å². The molecule has 1 N–H and O–H groups in total. The molecule has 2 aromatic heterocycles. The Labute approximate surface area is 168 Å². The van der Waals surface area contributed by atoms with Gasteiger partial charge in [-0.3, -0.25) is 9.69 Å². The zero-order valence-electron chi connectivity index (χ0n) is 16.1. The third kappa shape index (κ3) is 3.13. The van der Waals surface area contributed by atoms with Crippen LogP contribution in [0.5, 0.6) is 0 Å². The number of aromatic nitrogens is 2. The SMILES string of the molecule is Cc1nn(-c2ccccc2)c2sc(C(=O)N3CCC(N4CCNCC4)C3)cc12. The minimum Gasteiger partial charge on any atom is -0.336 e. The van der Waals surface area contributed by atoms with E-state index in [1.54, 1.807) is 11.3 Å². The Morgan fingerprint density at radius 2 is 1.96 bits per heavy atom. The van der Waals surface area contributed by atoms with E-state index in [2.05, 4.69) is 15.3 Å². The van der Waals surface area contributed by atoms with Gasteiger partial charge in [-0.25, -0.2) is 4.68 Å². The molecule has 5 rings (SSSR count). The molecule has 1 unspecified atom stereocenters. The number of rotatable bonds is 3. The number of carbonyl (C=O) groups is 1. The summed E-state index contributed by atoms with van der Waals surface area (Å²) in [6.45, 7) is 7.98. The summed E-state index contributed by atoms with van der Waals surface area (Å²) < 4.78 is 1.96. The van der Waals surface area contributed by atoms with Crippen molar-refractivity contribution >= 4 is 27.5 Å². The highest BCUT2D eigenvalue weighted by molar-refractivity contribution is 7.20. The van der Waals surface area contributed by atoms with Gasteiger partial charge < -0.3 is 10.2 Å². The number of piperazine rings is 1. The summed E-state index contributed by atoms with van der Waals surface area (Å²) in [6, 6.07) is 12.7. The number of nitrogens with one attached hydrogen (secondary N) is 1. The number of amides is 1. The third-order valence-electron chi connectivity index (χ3n) is 5.87. The van der Waals surface area contributed by atoms with Crippen LogP contribution < -0.4 is 5.32 Å². The molecule has 7 heteroatoms. The minimum atomic E-state index is 0.165. The first kappa shape index (κ1) is 17.8. The fourth-order valence-electron chi connectivity index (χ4n) is 4.32. The first-order chi connectivity index (χ1) is 13.7. The molecule has 1 atom stereocenters. The maximum absolute atomic E-state index is 13.2. The molecule has 2 fully saturated rings. The number of para-hydroxylation sites is 1. The van der Waals surface area contributed by atoms with Crippen LogP contribution in [0, 0.1) is 6.92 Å². The number of hydrogen-bond acceptors (Lipinski definition) is 5. The van der Waals surface area contributed by atoms with E-state index in [4.69, 9.17) is 0 Å². The van der Waals surface area contributed by atoms with Crippen LogP contribution in [0.2, 0.25) is 0 Å². The molecule has 6 nitrogen and oxygen atoms in total. The summed E-state index contributed by atoms with van der Waals surface area (Å²) in [5.74, 6) is 0.165. The van der Waals surface area contributed by atoms with Crippen molar-refractivity contribution in [2.24, 2.45) is 0 Å². The van der Waals surface area contributed by atoms with Gasteiger partial charge in [-0.2, -0.15) is 5.10 Å². The molecule has 2 saturated heterocycles. The smallest absolute Gasteiger partial charge is 0.264 e. The maximum Gasteiger partial charge on any atom is 0.264 e. The molecule has 4 heterocycles.